The van der Waals surface area contributed by atoms with E-state index in [4.69, 9.17) is 9.72 Å². The molecule has 0 bridgehead atoms. The number of para-hydroxylation sites is 1. The van der Waals surface area contributed by atoms with Crippen LogP contribution in [0.1, 0.15) is 55.3 Å². The first-order valence-electron chi connectivity index (χ1n) is 14.6. The second-order valence-electron chi connectivity index (χ2n) is 11.2. The summed E-state index contributed by atoms with van der Waals surface area (Å²) in [7, 11) is 0. The number of ketones is 1. The number of thiophene rings is 1. The predicted octanol–water partition coefficient (Wildman–Crippen LogP) is 6.14. The van der Waals surface area contributed by atoms with Gasteiger partial charge in [0.05, 0.1) is 29.5 Å². The quantitative estimate of drug-likeness (QED) is 0.258. The lowest BCUT2D eigenvalue weighted by Crippen LogP contribution is -2.40. The van der Waals surface area contributed by atoms with Crippen molar-refractivity contribution in [2.24, 2.45) is 5.92 Å². The van der Waals surface area contributed by atoms with Crippen molar-refractivity contribution in [2.75, 3.05) is 37.7 Å². The Hall–Kier alpha value is -4.14. The van der Waals surface area contributed by atoms with Gasteiger partial charge in [-0.1, -0.05) is 36.4 Å². The minimum Gasteiger partial charge on any atom is -0.378 e. The van der Waals surface area contributed by atoms with Crippen LogP contribution < -0.4 is 4.90 Å². The van der Waals surface area contributed by atoms with E-state index in [2.05, 4.69) is 0 Å². The number of aromatic nitrogens is 1. The third-order valence-corrected chi connectivity index (χ3v) is 9.47. The monoisotopic (exact) mass is 577 g/mol. The predicted molar refractivity (Wildman–Crippen MR) is 163 cm³/mol. The fourth-order valence-electron chi connectivity index (χ4n) is 5.74. The molecule has 1 aliphatic carbocycles. The van der Waals surface area contributed by atoms with Gasteiger partial charge in [0, 0.05) is 47.6 Å². The van der Waals surface area contributed by atoms with Crippen molar-refractivity contribution in [3.05, 3.63) is 94.5 Å². The van der Waals surface area contributed by atoms with Gasteiger partial charge in [0.1, 0.15) is 5.69 Å². The van der Waals surface area contributed by atoms with Gasteiger partial charge in [-0.05, 0) is 67.1 Å². The molecule has 0 N–H and O–H groups in total. The summed E-state index contributed by atoms with van der Waals surface area (Å²) >= 11 is 1.55. The highest BCUT2D eigenvalue weighted by Gasteiger charge is 2.30. The van der Waals surface area contributed by atoms with Gasteiger partial charge < -0.3 is 14.5 Å². The number of fused-ring (bicyclic) bond motifs is 3. The molecular weight excluding hydrogens is 546 g/mol. The molecule has 2 aromatic carbocycles. The van der Waals surface area contributed by atoms with Crippen molar-refractivity contribution in [2.45, 2.75) is 25.7 Å². The lowest BCUT2D eigenvalue weighted by Gasteiger charge is -2.27. The molecule has 2 amide bonds. The van der Waals surface area contributed by atoms with Gasteiger partial charge in [0.25, 0.3) is 11.8 Å². The van der Waals surface area contributed by atoms with Crippen molar-refractivity contribution in [1.29, 1.82) is 0 Å². The maximum absolute atomic E-state index is 14.0. The van der Waals surface area contributed by atoms with Crippen molar-refractivity contribution in [3.63, 3.8) is 0 Å². The zero-order valence-electron chi connectivity index (χ0n) is 23.3. The normalized spacial score (nSPS) is 16.4. The highest BCUT2D eigenvalue weighted by atomic mass is 32.1. The first-order valence-corrected chi connectivity index (χ1v) is 15.4. The number of carbonyl (C=O) groups is 3. The molecule has 212 valence electrons. The molecular formula is C34H31N3O4S. The van der Waals surface area contributed by atoms with Gasteiger partial charge in [-0.2, -0.15) is 0 Å². The van der Waals surface area contributed by atoms with Gasteiger partial charge in [-0.25, -0.2) is 4.98 Å². The molecule has 7 rings (SSSR count). The number of carbonyl (C=O) groups excluding carboxylic acids is 3. The maximum Gasteiger partial charge on any atom is 0.276 e. The minimum atomic E-state index is -0.176. The third-order valence-electron chi connectivity index (χ3n) is 8.22. The lowest BCUT2D eigenvalue weighted by atomic mass is 10.1. The Bertz CT molecular complexity index is 1690. The van der Waals surface area contributed by atoms with Crippen LogP contribution in [-0.4, -0.2) is 60.3 Å². The first kappa shape index (κ1) is 26.7. The molecule has 0 atom stereocenters. The van der Waals surface area contributed by atoms with E-state index in [-0.39, 0.29) is 17.6 Å². The van der Waals surface area contributed by atoms with E-state index >= 15 is 0 Å². The summed E-state index contributed by atoms with van der Waals surface area (Å²) in [5, 5.41) is 0. The number of rotatable bonds is 6. The summed E-state index contributed by atoms with van der Waals surface area (Å²) in [5.41, 5.74) is 5.27. The zero-order chi connectivity index (χ0) is 28.6. The summed E-state index contributed by atoms with van der Waals surface area (Å²) in [6, 6.07) is 22.8. The summed E-state index contributed by atoms with van der Waals surface area (Å²) < 4.78 is 5.38. The molecule has 4 aromatic rings. The van der Waals surface area contributed by atoms with E-state index < -0.39 is 0 Å². The average molecular weight is 578 g/mol. The Kier molecular flexibility index (Phi) is 7.17. The highest BCUT2D eigenvalue weighted by Crippen LogP contribution is 2.43. The lowest BCUT2D eigenvalue weighted by molar-refractivity contribution is 0.0303. The molecule has 0 radical (unpaired) electrons. The Morgan fingerprint density at radius 2 is 1.69 bits per heavy atom. The van der Waals surface area contributed by atoms with Crippen LogP contribution in [0.3, 0.4) is 0 Å². The highest BCUT2D eigenvalue weighted by molar-refractivity contribution is 7.17. The molecule has 1 saturated heterocycles. The molecule has 2 fully saturated rings. The number of amides is 2. The van der Waals surface area contributed by atoms with Crippen LogP contribution in [0.15, 0.2) is 72.8 Å². The first-order chi connectivity index (χ1) is 20.5. The molecule has 2 aliphatic heterocycles. The van der Waals surface area contributed by atoms with Gasteiger partial charge in [0.2, 0.25) is 0 Å². The molecule has 0 spiro atoms. The average Bonchev–Trinajstić information content (AvgIpc) is 3.79. The van der Waals surface area contributed by atoms with Crippen LogP contribution in [0.4, 0.5) is 5.69 Å². The van der Waals surface area contributed by atoms with E-state index in [0.717, 1.165) is 45.0 Å². The van der Waals surface area contributed by atoms with Gasteiger partial charge in [0.15, 0.2) is 5.78 Å². The molecule has 7 nitrogen and oxygen atoms in total. The number of pyridine rings is 1. The van der Waals surface area contributed by atoms with E-state index in [1.54, 1.807) is 27.2 Å². The number of Topliss-reactive ketones (excluding diaryl/α,β-unsaturated/α-hetero) is 1. The number of morpholine rings is 1. The maximum atomic E-state index is 14.0. The van der Waals surface area contributed by atoms with Crippen LogP contribution >= 0.6 is 11.3 Å². The molecule has 8 heteroatoms. The number of hydrogen-bond acceptors (Lipinski definition) is 6. The second kappa shape index (κ2) is 11.3. The fourth-order valence-corrected chi connectivity index (χ4v) is 6.94. The Morgan fingerprint density at radius 3 is 2.52 bits per heavy atom. The van der Waals surface area contributed by atoms with Crippen molar-refractivity contribution in [3.8, 4) is 21.7 Å². The van der Waals surface area contributed by atoms with Crippen LogP contribution in [0, 0.1) is 5.92 Å². The second-order valence-corrected chi connectivity index (χ2v) is 12.2. The Morgan fingerprint density at radius 1 is 0.881 bits per heavy atom. The smallest absolute Gasteiger partial charge is 0.276 e. The van der Waals surface area contributed by atoms with E-state index in [9.17, 15) is 14.4 Å². The van der Waals surface area contributed by atoms with Crippen molar-refractivity contribution < 1.29 is 19.1 Å². The Labute approximate surface area is 248 Å². The van der Waals surface area contributed by atoms with Gasteiger partial charge in [-0.15, -0.1) is 11.3 Å². The van der Waals surface area contributed by atoms with Crippen LogP contribution in [0.5, 0.6) is 0 Å². The molecule has 3 aliphatic rings. The number of nitrogens with zero attached hydrogens (tertiary/aromatic N) is 3. The van der Waals surface area contributed by atoms with Crippen molar-refractivity contribution >= 4 is 34.6 Å². The zero-order valence-corrected chi connectivity index (χ0v) is 24.1. The number of hydrogen-bond donors (Lipinski definition) is 0. The molecule has 0 unspecified atom stereocenters. The summed E-state index contributed by atoms with van der Waals surface area (Å²) in [6.07, 6.45) is 3.61. The summed E-state index contributed by atoms with van der Waals surface area (Å²) in [5.74, 6) is 0.581. The molecule has 1 saturated carbocycles. The number of ether oxygens (including phenoxy) is 1. The molecule has 2 aromatic heterocycles. The van der Waals surface area contributed by atoms with Crippen LogP contribution in [0.25, 0.3) is 21.7 Å². The minimum absolute atomic E-state index is 0.0292. The summed E-state index contributed by atoms with van der Waals surface area (Å²) in [6.45, 7) is 2.74. The van der Waals surface area contributed by atoms with Crippen molar-refractivity contribution in [1.82, 2.24) is 9.88 Å². The fraction of sp³-hybridized carbons (Fsp3) is 0.294. The standard InChI is InChI=1S/C34H31N3O4S/c38-30(19-22-11-12-22)31-21-24-13-14-37(29-10-2-1-7-26(29)32(24)42-31)34(40)28-9-4-8-27(35-28)23-5-3-6-25(20-23)33(39)36-15-17-41-18-16-36/h1-10,20-22H,11-19H2. The van der Waals surface area contributed by atoms with Gasteiger partial charge >= 0.3 is 0 Å². The number of benzene rings is 2. The molecule has 42 heavy (non-hydrogen) atoms. The molecule has 4 heterocycles. The Balaban J connectivity index is 1.16. The summed E-state index contributed by atoms with van der Waals surface area (Å²) in [4.78, 5) is 50.2. The largest absolute Gasteiger partial charge is 0.378 e. The topological polar surface area (TPSA) is 79.8 Å². The van der Waals surface area contributed by atoms with Gasteiger partial charge in [-0.3, -0.25) is 14.4 Å². The van der Waals surface area contributed by atoms with Crippen LogP contribution in [-0.2, 0) is 11.2 Å². The number of anilines is 1. The van der Waals surface area contributed by atoms with E-state index in [1.165, 1.54) is 0 Å². The SMILES string of the molecule is O=C(CC1CC1)c1cc2c(s1)-c1ccccc1N(C(=O)c1cccc(-c3cccc(C(=O)N4CCOCC4)c3)n1)CC2. The van der Waals surface area contributed by atoms with Crippen LogP contribution in [0.2, 0.25) is 0 Å². The third kappa shape index (κ3) is 5.28. The van der Waals surface area contributed by atoms with E-state index in [1.807, 2.05) is 66.7 Å². The van der Waals surface area contributed by atoms with E-state index in [0.29, 0.717) is 68.6 Å².